The van der Waals surface area contributed by atoms with Gasteiger partial charge in [-0.3, -0.25) is 4.79 Å². The van der Waals surface area contributed by atoms with E-state index in [1.807, 2.05) is 0 Å². The average Bonchev–Trinajstić information content (AvgIpc) is 2.40. The standard InChI is InChI=1S/C13H18BrNO5S/c1-4-19-11-7-6-10(14)8-12(11)21(17,18)15-9(3)13(16)20-5-2/h6-9,15H,4-5H2,1-3H3. The number of esters is 1. The van der Waals surface area contributed by atoms with Crippen molar-refractivity contribution in [3.63, 3.8) is 0 Å². The molecule has 0 bridgehead atoms. The molecule has 0 saturated carbocycles. The highest BCUT2D eigenvalue weighted by atomic mass is 79.9. The average molecular weight is 380 g/mol. The molecule has 1 aromatic rings. The summed E-state index contributed by atoms with van der Waals surface area (Å²) in [6.45, 7) is 5.35. The summed E-state index contributed by atoms with van der Waals surface area (Å²) in [5.41, 5.74) is 0. The lowest BCUT2D eigenvalue weighted by molar-refractivity contribution is -0.144. The monoisotopic (exact) mass is 379 g/mol. The molecule has 0 radical (unpaired) electrons. The summed E-state index contributed by atoms with van der Waals surface area (Å²) in [5.74, 6) is -0.404. The second-order valence-electron chi connectivity index (χ2n) is 4.12. The van der Waals surface area contributed by atoms with Gasteiger partial charge < -0.3 is 9.47 Å². The zero-order valence-corrected chi connectivity index (χ0v) is 14.5. The van der Waals surface area contributed by atoms with Gasteiger partial charge in [0.25, 0.3) is 0 Å². The van der Waals surface area contributed by atoms with Crippen LogP contribution in [0, 0.1) is 0 Å². The summed E-state index contributed by atoms with van der Waals surface area (Å²) in [7, 11) is -3.90. The summed E-state index contributed by atoms with van der Waals surface area (Å²) in [6.07, 6.45) is 0. The van der Waals surface area contributed by atoms with Crippen LogP contribution in [0.4, 0.5) is 0 Å². The number of carbonyl (C=O) groups is 1. The third-order valence-corrected chi connectivity index (χ3v) is 4.52. The van der Waals surface area contributed by atoms with Crippen molar-refractivity contribution in [2.45, 2.75) is 31.7 Å². The fourth-order valence-corrected chi connectivity index (χ4v) is 3.45. The van der Waals surface area contributed by atoms with E-state index in [9.17, 15) is 13.2 Å². The van der Waals surface area contributed by atoms with Crippen molar-refractivity contribution in [3.8, 4) is 5.75 Å². The second kappa shape index (κ2) is 7.77. The Morgan fingerprint density at radius 3 is 2.57 bits per heavy atom. The Bertz CT molecular complexity index is 603. The molecule has 6 nitrogen and oxygen atoms in total. The van der Waals surface area contributed by atoms with Crippen molar-refractivity contribution >= 4 is 31.9 Å². The largest absolute Gasteiger partial charge is 0.492 e. The summed E-state index contributed by atoms with van der Waals surface area (Å²) in [5, 5.41) is 0. The fourth-order valence-electron chi connectivity index (χ4n) is 1.58. The van der Waals surface area contributed by atoms with E-state index < -0.39 is 22.0 Å². The van der Waals surface area contributed by atoms with Crippen LogP contribution in [0.3, 0.4) is 0 Å². The van der Waals surface area contributed by atoms with Gasteiger partial charge in [0.15, 0.2) is 0 Å². The summed E-state index contributed by atoms with van der Waals surface area (Å²) in [6, 6.07) is 3.67. The number of hydrogen-bond donors (Lipinski definition) is 1. The Morgan fingerprint density at radius 1 is 1.33 bits per heavy atom. The third-order valence-electron chi connectivity index (χ3n) is 2.47. The molecule has 0 spiro atoms. The van der Waals surface area contributed by atoms with Crippen molar-refractivity contribution in [2.75, 3.05) is 13.2 Å². The van der Waals surface area contributed by atoms with Crippen LogP contribution < -0.4 is 9.46 Å². The SMILES string of the molecule is CCOC(=O)C(C)NS(=O)(=O)c1cc(Br)ccc1OCC. The molecule has 21 heavy (non-hydrogen) atoms. The number of nitrogens with one attached hydrogen (secondary N) is 1. The first-order chi connectivity index (χ1) is 9.81. The fraction of sp³-hybridized carbons (Fsp3) is 0.462. The smallest absolute Gasteiger partial charge is 0.323 e. The van der Waals surface area contributed by atoms with Crippen LogP contribution in [-0.2, 0) is 19.6 Å². The number of rotatable bonds is 7. The minimum absolute atomic E-state index is 0.0325. The Kier molecular flexibility index (Phi) is 6.63. The van der Waals surface area contributed by atoms with Gasteiger partial charge in [0.2, 0.25) is 10.0 Å². The zero-order valence-electron chi connectivity index (χ0n) is 12.1. The molecule has 118 valence electrons. The molecule has 8 heteroatoms. The number of sulfonamides is 1. The van der Waals surface area contributed by atoms with E-state index in [-0.39, 0.29) is 17.3 Å². The summed E-state index contributed by atoms with van der Waals surface area (Å²) >= 11 is 3.22. The van der Waals surface area contributed by atoms with Gasteiger partial charge in [-0.25, -0.2) is 8.42 Å². The van der Waals surface area contributed by atoms with Gasteiger partial charge >= 0.3 is 5.97 Å². The van der Waals surface area contributed by atoms with E-state index in [1.54, 1.807) is 26.0 Å². The number of halogens is 1. The van der Waals surface area contributed by atoms with Crippen molar-refractivity contribution in [2.24, 2.45) is 0 Å². The molecule has 0 heterocycles. The lowest BCUT2D eigenvalue weighted by atomic mass is 10.3. The van der Waals surface area contributed by atoms with E-state index in [4.69, 9.17) is 9.47 Å². The van der Waals surface area contributed by atoms with E-state index in [0.717, 1.165) is 0 Å². The maximum atomic E-state index is 12.4. The lowest BCUT2D eigenvalue weighted by Gasteiger charge is -2.15. The van der Waals surface area contributed by atoms with Gasteiger partial charge in [0, 0.05) is 4.47 Å². The molecule has 0 aliphatic heterocycles. The molecule has 0 saturated heterocycles. The molecular formula is C13H18BrNO5S. The molecule has 1 N–H and O–H groups in total. The number of carbonyl (C=O) groups excluding carboxylic acids is 1. The van der Waals surface area contributed by atoms with Crippen LogP contribution in [-0.4, -0.2) is 33.6 Å². The predicted octanol–water partition coefficient (Wildman–Crippen LogP) is 2.08. The van der Waals surface area contributed by atoms with Crippen molar-refractivity contribution in [1.29, 1.82) is 0 Å². The molecule has 0 aliphatic carbocycles. The minimum Gasteiger partial charge on any atom is -0.492 e. The number of benzene rings is 1. The van der Waals surface area contributed by atoms with Gasteiger partial charge in [0.05, 0.1) is 13.2 Å². The molecule has 1 unspecified atom stereocenters. The number of hydrogen-bond acceptors (Lipinski definition) is 5. The first-order valence-corrected chi connectivity index (χ1v) is 8.70. The third kappa shape index (κ3) is 4.98. The highest BCUT2D eigenvalue weighted by Gasteiger charge is 2.26. The Balaban J connectivity index is 3.07. The van der Waals surface area contributed by atoms with Gasteiger partial charge in [-0.2, -0.15) is 4.72 Å². The minimum atomic E-state index is -3.90. The van der Waals surface area contributed by atoms with Crippen molar-refractivity contribution < 1.29 is 22.7 Å². The maximum Gasteiger partial charge on any atom is 0.323 e. The van der Waals surface area contributed by atoms with Gasteiger partial charge in [-0.1, -0.05) is 15.9 Å². The quantitative estimate of drug-likeness (QED) is 0.733. The molecule has 0 fully saturated rings. The maximum absolute atomic E-state index is 12.4. The zero-order chi connectivity index (χ0) is 16.0. The molecule has 1 aromatic carbocycles. The molecule has 1 rings (SSSR count). The van der Waals surface area contributed by atoms with E-state index in [0.29, 0.717) is 11.1 Å². The van der Waals surface area contributed by atoms with Gasteiger partial charge in [-0.05, 0) is 39.0 Å². The molecular weight excluding hydrogens is 362 g/mol. The van der Waals surface area contributed by atoms with Crippen molar-refractivity contribution in [1.82, 2.24) is 4.72 Å². The van der Waals surface area contributed by atoms with Gasteiger partial charge in [0.1, 0.15) is 16.7 Å². The Hall–Kier alpha value is -1.12. The highest BCUT2D eigenvalue weighted by molar-refractivity contribution is 9.10. The predicted molar refractivity (Wildman–Crippen MR) is 81.7 cm³/mol. The summed E-state index contributed by atoms with van der Waals surface area (Å²) in [4.78, 5) is 11.5. The van der Waals surface area contributed by atoms with Gasteiger partial charge in [-0.15, -0.1) is 0 Å². The molecule has 0 aromatic heterocycles. The topological polar surface area (TPSA) is 81.7 Å². The first-order valence-electron chi connectivity index (χ1n) is 6.43. The highest BCUT2D eigenvalue weighted by Crippen LogP contribution is 2.27. The van der Waals surface area contributed by atoms with Crippen LogP contribution in [0.2, 0.25) is 0 Å². The van der Waals surface area contributed by atoms with E-state index >= 15 is 0 Å². The normalized spacial score (nSPS) is 12.8. The Morgan fingerprint density at radius 2 is 2.00 bits per heavy atom. The van der Waals surface area contributed by atoms with Crippen LogP contribution in [0.1, 0.15) is 20.8 Å². The van der Waals surface area contributed by atoms with Crippen LogP contribution in [0.25, 0.3) is 0 Å². The Labute approximate surface area is 133 Å². The van der Waals surface area contributed by atoms with Crippen LogP contribution in [0.5, 0.6) is 5.75 Å². The van der Waals surface area contributed by atoms with E-state index in [1.165, 1.54) is 13.0 Å². The van der Waals surface area contributed by atoms with Crippen LogP contribution >= 0.6 is 15.9 Å². The second-order valence-corrected chi connectivity index (χ2v) is 6.72. The molecule has 0 amide bonds. The first kappa shape index (κ1) is 17.9. The number of ether oxygens (including phenoxy) is 2. The molecule has 0 aliphatic rings. The van der Waals surface area contributed by atoms with Crippen molar-refractivity contribution in [3.05, 3.63) is 22.7 Å². The molecule has 1 atom stereocenters. The summed E-state index contributed by atoms with van der Waals surface area (Å²) < 4.78 is 37.7. The lowest BCUT2D eigenvalue weighted by Crippen LogP contribution is -2.39. The van der Waals surface area contributed by atoms with E-state index in [2.05, 4.69) is 20.7 Å². The van der Waals surface area contributed by atoms with Crippen LogP contribution in [0.15, 0.2) is 27.6 Å².